The minimum atomic E-state index is -3.35. The maximum absolute atomic E-state index is 12.7. The lowest BCUT2D eigenvalue weighted by Crippen LogP contribution is -2.44. The quantitative estimate of drug-likeness (QED) is 0.483. The van der Waals surface area contributed by atoms with Crippen LogP contribution < -0.4 is 11.1 Å². The lowest BCUT2D eigenvalue weighted by atomic mass is 10.1. The lowest BCUT2D eigenvalue weighted by Gasteiger charge is -2.14. The van der Waals surface area contributed by atoms with Gasteiger partial charge in [0, 0.05) is 12.0 Å². The van der Waals surface area contributed by atoms with E-state index in [1.165, 1.54) is 0 Å². The normalized spacial score (nSPS) is 14.8. The molecule has 0 radical (unpaired) electrons. The van der Waals surface area contributed by atoms with Gasteiger partial charge in [-0.2, -0.15) is 4.98 Å². The van der Waals surface area contributed by atoms with Crippen molar-refractivity contribution in [2.75, 3.05) is 11.5 Å². The zero-order valence-corrected chi connectivity index (χ0v) is 16.9. The van der Waals surface area contributed by atoms with Gasteiger partial charge in [0.15, 0.2) is 9.84 Å². The fraction of sp³-hybridized carbons (Fsp3) is 0.421. The average Bonchev–Trinajstić information content (AvgIpc) is 3.36. The first kappa shape index (κ1) is 21.6. The number of amides is 2. The van der Waals surface area contributed by atoms with Gasteiger partial charge in [0.1, 0.15) is 6.04 Å². The number of rotatable bonds is 11. The van der Waals surface area contributed by atoms with E-state index in [0.717, 1.165) is 12.8 Å². The molecule has 1 fully saturated rings. The van der Waals surface area contributed by atoms with Crippen molar-refractivity contribution in [1.29, 1.82) is 0 Å². The number of benzene rings is 1. The second kappa shape index (κ2) is 9.16. The van der Waals surface area contributed by atoms with Crippen LogP contribution in [0, 0.1) is 5.92 Å². The van der Waals surface area contributed by atoms with Gasteiger partial charge in [0.25, 0.3) is 5.89 Å². The molecular weight excluding hydrogens is 412 g/mol. The number of nitrogens with zero attached hydrogens (tertiary/aromatic N) is 2. The fourth-order valence-corrected chi connectivity index (χ4v) is 4.54. The Morgan fingerprint density at radius 2 is 1.90 bits per heavy atom. The Labute approximate surface area is 173 Å². The molecule has 160 valence electrons. The fourth-order valence-electron chi connectivity index (χ4n) is 2.83. The molecule has 1 aromatic heterocycles. The molecule has 2 amide bonds. The van der Waals surface area contributed by atoms with Crippen LogP contribution >= 0.6 is 0 Å². The first-order valence-corrected chi connectivity index (χ1v) is 11.3. The van der Waals surface area contributed by atoms with Crippen LogP contribution in [-0.2, 0) is 19.4 Å². The first-order chi connectivity index (χ1) is 14.2. The topological polar surface area (TPSA) is 162 Å². The lowest BCUT2D eigenvalue weighted by molar-refractivity contribution is -0.122. The summed E-state index contributed by atoms with van der Waals surface area (Å²) in [7, 11) is -3.35. The molecule has 1 heterocycles. The van der Waals surface area contributed by atoms with Crippen molar-refractivity contribution >= 4 is 27.4 Å². The Morgan fingerprint density at radius 1 is 1.20 bits per heavy atom. The second-order valence-electron chi connectivity index (χ2n) is 7.25. The van der Waals surface area contributed by atoms with E-state index in [2.05, 4.69) is 15.5 Å². The maximum Gasteiger partial charge on any atom is 0.296 e. The standard InChI is InChI=1S/C19H22N4O6S/c20-15(24)10-14(21-16(25)8-9-30(27,28)11-12-6-7-12)17(26)19-22-18(23-29-19)13-4-2-1-3-5-13/h1-5,12,14H,6-11H2,(H2,20,24)(H,21,25). The van der Waals surface area contributed by atoms with E-state index in [1.807, 2.05) is 0 Å². The average molecular weight is 434 g/mol. The number of sulfone groups is 1. The summed E-state index contributed by atoms with van der Waals surface area (Å²) in [5.41, 5.74) is 5.80. The largest absolute Gasteiger partial charge is 0.370 e. The highest BCUT2D eigenvalue weighted by Gasteiger charge is 2.31. The van der Waals surface area contributed by atoms with Gasteiger partial charge in [-0.3, -0.25) is 14.4 Å². The van der Waals surface area contributed by atoms with Gasteiger partial charge < -0.3 is 15.6 Å². The van der Waals surface area contributed by atoms with Gasteiger partial charge in [0.05, 0.1) is 17.9 Å². The number of hydrogen-bond acceptors (Lipinski definition) is 8. The van der Waals surface area contributed by atoms with Crippen LogP contribution in [0.15, 0.2) is 34.9 Å². The minimum Gasteiger partial charge on any atom is -0.370 e. The molecule has 1 aliphatic rings. The monoisotopic (exact) mass is 434 g/mol. The van der Waals surface area contributed by atoms with E-state index in [1.54, 1.807) is 30.3 Å². The molecule has 10 nitrogen and oxygen atoms in total. The Kier molecular flexibility index (Phi) is 6.60. The molecule has 1 atom stereocenters. The molecule has 1 saturated carbocycles. The first-order valence-electron chi connectivity index (χ1n) is 9.45. The van der Waals surface area contributed by atoms with Crippen LogP contribution in [-0.4, -0.2) is 53.7 Å². The summed E-state index contributed by atoms with van der Waals surface area (Å²) in [5, 5.41) is 6.09. The van der Waals surface area contributed by atoms with Crippen LogP contribution in [0.25, 0.3) is 11.4 Å². The number of carbonyl (C=O) groups is 3. The van der Waals surface area contributed by atoms with Gasteiger partial charge in [-0.1, -0.05) is 35.5 Å². The third-order valence-electron chi connectivity index (χ3n) is 4.55. The number of hydrogen-bond donors (Lipinski definition) is 2. The Bertz CT molecular complexity index is 1030. The van der Waals surface area contributed by atoms with Gasteiger partial charge in [0.2, 0.25) is 23.4 Å². The molecule has 30 heavy (non-hydrogen) atoms. The van der Waals surface area contributed by atoms with Gasteiger partial charge in [-0.05, 0) is 18.8 Å². The molecule has 1 unspecified atom stereocenters. The zero-order valence-electron chi connectivity index (χ0n) is 16.1. The van der Waals surface area contributed by atoms with Crippen LogP contribution in [0.1, 0.15) is 36.4 Å². The Morgan fingerprint density at radius 3 is 2.53 bits per heavy atom. The molecule has 1 aromatic carbocycles. The van der Waals surface area contributed by atoms with Crippen molar-refractivity contribution in [2.24, 2.45) is 11.7 Å². The number of nitrogens with two attached hydrogens (primary N) is 1. The molecule has 0 spiro atoms. The van der Waals surface area contributed by atoms with Crippen LogP contribution in [0.4, 0.5) is 0 Å². The third-order valence-corrected chi connectivity index (χ3v) is 6.36. The summed E-state index contributed by atoms with van der Waals surface area (Å²) >= 11 is 0. The number of Topliss-reactive ketones (excluding diaryl/α,β-unsaturated/α-hetero) is 1. The molecule has 0 aliphatic heterocycles. The van der Waals surface area contributed by atoms with Crippen molar-refractivity contribution in [3.05, 3.63) is 36.2 Å². The zero-order chi connectivity index (χ0) is 21.7. The SMILES string of the molecule is NC(=O)CC(NC(=O)CCS(=O)(=O)CC1CC1)C(=O)c1nc(-c2ccccc2)no1. The minimum absolute atomic E-state index is 0.0637. The summed E-state index contributed by atoms with van der Waals surface area (Å²) in [4.78, 5) is 40.2. The van der Waals surface area contributed by atoms with Crippen LogP contribution in [0.2, 0.25) is 0 Å². The van der Waals surface area contributed by atoms with Gasteiger partial charge in [-0.25, -0.2) is 8.42 Å². The number of primary amides is 1. The third kappa shape index (κ3) is 6.21. The smallest absolute Gasteiger partial charge is 0.296 e. The summed E-state index contributed by atoms with van der Waals surface area (Å²) in [6.45, 7) is 0. The molecule has 2 aromatic rings. The van der Waals surface area contributed by atoms with E-state index < -0.39 is 39.9 Å². The number of nitrogens with one attached hydrogen (secondary N) is 1. The predicted octanol–water partition coefficient (Wildman–Crippen LogP) is 0.494. The molecule has 3 N–H and O–H groups in total. The van der Waals surface area contributed by atoms with Crippen LogP contribution in [0.5, 0.6) is 0 Å². The van der Waals surface area contributed by atoms with Crippen molar-refractivity contribution in [2.45, 2.75) is 31.7 Å². The maximum atomic E-state index is 12.7. The molecule has 11 heteroatoms. The summed E-state index contributed by atoms with van der Waals surface area (Å²) < 4.78 is 29.0. The van der Waals surface area contributed by atoms with Crippen molar-refractivity contribution in [1.82, 2.24) is 15.5 Å². The highest BCUT2D eigenvalue weighted by atomic mass is 32.2. The molecule has 1 aliphatic carbocycles. The summed E-state index contributed by atoms with van der Waals surface area (Å²) in [5.74, 6) is -2.58. The van der Waals surface area contributed by atoms with Crippen molar-refractivity contribution < 1.29 is 27.3 Å². The second-order valence-corrected chi connectivity index (χ2v) is 9.48. The van der Waals surface area contributed by atoms with Crippen molar-refractivity contribution in [3.8, 4) is 11.4 Å². The van der Waals surface area contributed by atoms with E-state index >= 15 is 0 Å². The molecular formula is C19H22N4O6S. The van der Waals surface area contributed by atoms with Gasteiger partial charge in [-0.15, -0.1) is 0 Å². The van der Waals surface area contributed by atoms with E-state index in [-0.39, 0.29) is 35.6 Å². The Hall–Kier alpha value is -3.08. The van der Waals surface area contributed by atoms with Crippen molar-refractivity contribution in [3.63, 3.8) is 0 Å². The van der Waals surface area contributed by atoms with E-state index in [9.17, 15) is 22.8 Å². The summed E-state index contributed by atoms with van der Waals surface area (Å²) in [6.07, 6.45) is 0.963. The predicted molar refractivity (Wildman–Crippen MR) is 106 cm³/mol. The number of aromatic nitrogens is 2. The Balaban J connectivity index is 1.64. The number of carbonyl (C=O) groups excluding carboxylic acids is 3. The highest BCUT2D eigenvalue weighted by Crippen LogP contribution is 2.30. The summed E-state index contributed by atoms with van der Waals surface area (Å²) in [6, 6.07) is 7.46. The van der Waals surface area contributed by atoms with E-state index in [4.69, 9.17) is 10.3 Å². The van der Waals surface area contributed by atoms with E-state index in [0.29, 0.717) is 5.56 Å². The molecule has 3 rings (SSSR count). The van der Waals surface area contributed by atoms with Crippen LogP contribution in [0.3, 0.4) is 0 Å². The highest BCUT2D eigenvalue weighted by molar-refractivity contribution is 7.91. The molecule has 0 saturated heterocycles. The van der Waals surface area contributed by atoms with Gasteiger partial charge >= 0.3 is 0 Å². The molecule has 0 bridgehead atoms. The number of ketones is 1.